The zero-order valence-corrected chi connectivity index (χ0v) is 15.7. The highest BCUT2D eigenvalue weighted by Crippen LogP contribution is 2.47. The first-order valence-corrected chi connectivity index (χ1v) is 9.50. The lowest BCUT2D eigenvalue weighted by Crippen LogP contribution is -2.40. The molecule has 1 rings (SSSR count). The van der Waals surface area contributed by atoms with Crippen LogP contribution in [0, 0.1) is 22.7 Å². The maximum Gasteiger partial charge on any atom is 0.000792 e. The van der Waals surface area contributed by atoms with Crippen LogP contribution in [-0.4, -0.2) is 13.1 Å². The molecule has 0 radical (unpaired) electrons. The molecule has 0 atom stereocenters. The monoisotopic (exact) mass is 295 g/mol. The molecule has 1 heteroatoms. The molecule has 1 aliphatic carbocycles. The predicted octanol–water partition coefficient (Wildman–Crippen LogP) is 6.04. The standard InChI is InChI=1S/C20H41N/c1-7-8-9-12-20(16-21-15-17(2)3)13-10-18(11-14-20)19(4,5)6/h17-18,21H,7-16H2,1-6H3. The summed E-state index contributed by atoms with van der Waals surface area (Å²) in [6.45, 7) is 16.7. The summed E-state index contributed by atoms with van der Waals surface area (Å²) in [5, 5.41) is 3.78. The fraction of sp³-hybridized carbons (Fsp3) is 1.00. The van der Waals surface area contributed by atoms with Gasteiger partial charge in [0, 0.05) is 6.54 Å². The maximum absolute atomic E-state index is 3.78. The summed E-state index contributed by atoms with van der Waals surface area (Å²) in [4.78, 5) is 0. The molecular formula is C20H41N. The Bertz CT molecular complexity index is 266. The first-order chi connectivity index (χ1) is 9.79. The minimum atomic E-state index is 0.501. The Morgan fingerprint density at radius 1 is 1.10 bits per heavy atom. The number of unbranched alkanes of at least 4 members (excludes halogenated alkanes) is 2. The fourth-order valence-electron chi connectivity index (χ4n) is 3.99. The van der Waals surface area contributed by atoms with Crippen molar-refractivity contribution in [3.8, 4) is 0 Å². The number of hydrogen-bond donors (Lipinski definition) is 1. The normalized spacial score (nSPS) is 27.3. The molecule has 0 saturated heterocycles. The maximum atomic E-state index is 3.78. The lowest BCUT2D eigenvalue weighted by molar-refractivity contribution is 0.0771. The minimum Gasteiger partial charge on any atom is -0.316 e. The molecule has 1 aliphatic rings. The molecule has 1 nitrogen and oxygen atoms in total. The average molecular weight is 296 g/mol. The van der Waals surface area contributed by atoms with E-state index in [4.69, 9.17) is 0 Å². The summed E-state index contributed by atoms with van der Waals surface area (Å²) in [5.41, 5.74) is 1.10. The molecule has 0 aromatic heterocycles. The molecule has 0 aliphatic heterocycles. The zero-order chi connectivity index (χ0) is 15.9. The molecule has 0 amide bonds. The minimum absolute atomic E-state index is 0.501. The van der Waals surface area contributed by atoms with Crippen LogP contribution in [0.15, 0.2) is 0 Å². The highest BCUT2D eigenvalue weighted by molar-refractivity contribution is 4.90. The molecule has 1 N–H and O–H groups in total. The van der Waals surface area contributed by atoms with Crippen molar-refractivity contribution in [2.24, 2.45) is 22.7 Å². The van der Waals surface area contributed by atoms with Crippen LogP contribution in [-0.2, 0) is 0 Å². The Morgan fingerprint density at radius 3 is 2.19 bits per heavy atom. The summed E-state index contributed by atoms with van der Waals surface area (Å²) in [7, 11) is 0. The fourth-order valence-corrected chi connectivity index (χ4v) is 3.99. The van der Waals surface area contributed by atoms with Crippen molar-refractivity contribution in [2.45, 2.75) is 92.9 Å². The van der Waals surface area contributed by atoms with Crippen molar-refractivity contribution in [1.29, 1.82) is 0 Å². The highest BCUT2D eigenvalue weighted by Gasteiger charge is 2.37. The van der Waals surface area contributed by atoms with Gasteiger partial charge in [0.2, 0.25) is 0 Å². The van der Waals surface area contributed by atoms with E-state index in [1.165, 1.54) is 64.5 Å². The van der Waals surface area contributed by atoms with Crippen LogP contribution in [0.5, 0.6) is 0 Å². The van der Waals surface area contributed by atoms with Crippen LogP contribution in [0.3, 0.4) is 0 Å². The van der Waals surface area contributed by atoms with Crippen LogP contribution in [0.25, 0.3) is 0 Å². The second kappa shape index (κ2) is 8.56. The van der Waals surface area contributed by atoms with Gasteiger partial charge in [0.15, 0.2) is 0 Å². The van der Waals surface area contributed by atoms with Gasteiger partial charge in [-0.2, -0.15) is 0 Å². The van der Waals surface area contributed by atoms with Gasteiger partial charge >= 0.3 is 0 Å². The molecule has 0 bridgehead atoms. The lowest BCUT2D eigenvalue weighted by atomic mass is 9.62. The third-order valence-electron chi connectivity index (χ3n) is 5.63. The van der Waals surface area contributed by atoms with Crippen LogP contribution in [0.1, 0.15) is 92.9 Å². The number of rotatable bonds is 8. The first-order valence-electron chi connectivity index (χ1n) is 9.50. The summed E-state index contributed by atoms with van der Waals surface area (Å²) >= 11 is 0. The van der Waals surface area contributed by atoms with Gasteiger partial charge in [-0.05, 0) is 61.3 Å². The number of hydrogen-bond acceptors (Lipinski definition) is 1. The van der Waals surface area contributed by atoms with Gasteiger partial charge in [0.25, 0.3) is 0 Å². The van der Waals surface area contributed by atoms with Gasteiger partial charge in [-0.25, -0.2) is 0 Å². The zero-order valence-electron chi connectivity index (χ0n) is 15.7. The second-order valence-corrected chi connectivity index (χ2v) is 9.12. The van der Waals surface area contributed by atoms with Crippen molar-refractivity contribution < 1.29 is 0 Å². The summed E-state index contributed by atoms with van der Waals surface area (Å²) in [6, 6.07) is 0. The smallest absolute Gasteiger partial charge is 0.000792 e. The topological polar surface area (TPSA) is 12.0 Å². The molecule has 0 aromatic rings. The molecule has 0 heterocycles. The molecule has 0 unspecified atom stereocenters. The van der Waals surface area contributed by atoms with Crippen molar-refractivity contribution in [3.05, 3.63) is 0 Å². The van der Waals surface area contributed by atoms with E-state index >= 15 is 0 Å². The van der Waals surface area contributed by atoms with E-state index in [1.807, 2.05) is 0 Å². The van der Waals surface area contributed by atoms with Crippen LogP contribution in [0.2, 0.25) is 0 Å². The van der Waals surface area contributed by atoms with Crippen molar-refractivity contribution in [2.75, 3.05) is 13.1 Å². The van der Waals surface area contributed by atoms with Crippen molar-refractivity contribution in [3.63, 3.8) is 0 Å². The van der Waals surface area contributed by atoms with Crippen LogP contribution < -0.4 is 5.32 Å². The quantitative estimate of drug-likeness (QED) is 0.539. The Morgan fingerprint density at radius 2 is 1.71 bits per heavy atom. The molecule has 0 aromatic carbocycles. The SMILES string of the molecule is CCCCCC1(CNCC(C)C)CCC(C(C)(C)C)CC1. The third kappa shape index (κ3) is 6.72. The molecular weight excluding hydrogens is 254 g/mol. The molecule has 126 valence electrons. The van der Waals surface area contributed by atoms with E-state index in [-0.39, 0.29) is 0 Å². The third-order valence-corrected chi connectivity index (χ3v) is 5.63. The highest BCUT2D eigenvalue weighted by atomic mass is 14.9. The summed E-state index contributed by atoms with van der Waals surface area (Å²) < 4.78 is 0. The lowest BCUT2D eigenvalue weighted by Gasteiger charge is -2.44. The Hall–Kier alpha value is -0.0400. The van der Waals surface area contributed by atoms with E-state index in [9.17, 15) is 0 Å². The molecule has 1 saturated carbocycles. The Balaban J connectivity index is 2.54. The van der Waals surface area contributed by atoms with Crippen LogP contribution >= 0.6 is 0 Å². The molecule has 0 spiro atoms. The Kier molecular flexibility index (Phi) is 7.74. The summed E-state index contributed by atoms with van der Waals surface area (Å²) in [5.74, 6) is 1.70. The van der Waals surface area contributed by atoms with E-state index in [2.05, 4.69) is 46.9 Å². The Labute approximate surface area is 134 Å². The van der Waals surface area contributed by atoms with Gasteiger partial charge in [0.05, 0.1) is 0 Å². The summed E-state index contributed by atoms with van der Waals surface area (Å²) in [6.07, 6.45) is 11.4. The van der Waals surface area contributed by atoms with Crippen molar-refractivity contribution in [1.82, 2.24) is 5.32 Å². The van der Waals surface area contributed by atoms with Gasteiger partial charge in [-0.1, -0.05) is 60.8 Å². The van der Waals surface area contributed by atoms with E-state index < -0.39 is 0 Å². The second-order valence-electron chi connectivity index (χ2n) is 9.12. The van der Waals surface area contributed by atoms with Gasteiger partial charge in [-0.15, -0.1) is 0 Å². The van der Waals surface area contributed by atoms with Crippen LogP contribution in [0.4, 0.5) is 0 Å². The predicted molar refractivity (Wildman–Crippen MR) is 95.7 cm³/mol. The van der Waals surface area contributed by atoms with Gasteiger partial charge in [0.1, 0.15) is 0 Å². The molecule has 21 heavy (non-hydrogen) atoms. The van der Waals surface area contributed by atoms with Gasteiger partial charge in [-0.3, -0.25) is 0 Å². The van der Waals surface area contributed by atoms with E-state index in [0.717, 1.165) is 11.8 Å². The average Bonchev–Trinajstić information content (AvgIpc) is 2.38. The van der Waals surface area contributed by atoms with E-state index in [1.54, 1.807) is 0 Å². The molecule has 1 fully saturated rings. The largest absolute Gasteiger partial charge is 0.316 e. The van der Waals surface area contributed by atoms with E-state index in [0.29, 0.717) is 10.8 Å². The number of nitrogens with one attached hydrogen (secondary N) is 1. The first kappa shape index (κ1) is 19.0. The van der Waals surface area contributed by atoms with Crippen molar-refractivity contribution >= 4 is 0 Å². The van der Waals surface area contributed by atoms with Gasteiger partial charge < -0.3 is 5.32 Å².